The van der Waals surface area contributed by atoms with Crippen LogP contribution in [-0.4, -0.2) is 55.2 Å². The molecule has 2 saturated heterocycles. The zero-order valence-electron chi connectivity index (χ0n) is 18.9. The van der Waals surface area contributed by atoms with E-state index >= 15 is 0 Å². The van der Waals surface area contributed by atoms with Gasteiger partial charge in [0.2, 0.25) is 5.95 Å². The molecule has 0 amide bonds. The molecule has 3 aromatic rings. The smallest absolute Gasteiger partial charge is 0.250 e. The summed E-state index contributed by atoms with van der Waals surface area (Å²) in [6.45, 7) is 0. The number of anilines is 1. The lowest BCUT2D eigenvalue weighted by Crippen LogP contribution is -2.50. The SMILES string of the molecule is Cn1ccc(-c2ccc(-c3cnc(N(C4CC4)[C@@H]4C[C@@H]5C[C@@H](F)[C@@H](C4)N5)nn3)c(O)c2)cc1=O. The van der Waals surface area contributed by atoms with Crippen LogP contribution >= 0.6 is 0 Å². The Balaban J connectivity index is 1.25. The van der Waals surface area contributed by atoms with Crippen molar-refractivity contribution < 1.29 is 9.50 Å². The second-order valence-electron chi connectivity index (χ2n) is 9.73. The molecule has 0 radical (unpaired) electrons. The van der Waals surface area contributed by atoms with Crippen molar-refractivity contribution in [3.8, 4) is 28.1 Å². The average Bonchev–Trinajstić information content (AvgIpc) is 3.62. The fourth-order valence-electron chi connectivity index (χ4n) is 5.38. The summed E-state index contributed by atoms with van der Waals surface area (Å²) in [5.41, 5.74) is 2.36. The van der Waals surface area contributed by atoms with E-state index in [1.807, 2.05) is 12.1 Å². The first-order valence-corrected chi connectivity index (χ1v) is 11.8. The number of rotatable bonds is 5. The Kier molecular flexibility index (Phi) is 5.09. The zero-order chi connectivity index (χ0) is 23.4. The average molecular weight is 463 g/mol. The number of phenols is 1. The van der Waals surface area contributed by atoms with E-state index in [2.05, 4.69) is 25.4 Å². The van der Waals surface area contributed by atoms with Gasteiger partial charge in [-0.15, -0.1) is 10.2 Å². The molecule has 34 heavy (non-hydrogen) atoms. The lowest BCUT2D eigenvalue weighted by molar-refractivity contribution is 0.271. The van der Waals surface area contributed by atoms with Crippen molar-refractivity contribution in [1.82, 2.24) is 25.1 Å². The van der Waals surface area contributed by atoms with Crippen molar-refractivity contribution in [1.29, 1.82) is 0 Å². The van der Waals surface area contributed by atoms with Crippen LogP contribution in [0, 0.1) is 0 Å². The molecule has 1 aliphatic carbocycles. The summed E-state index contributed by atoms with van der Waals surface area (Å²) in [5, 5.41) is 22.9. The number of nitrogens with one attached hydrogen (secondary N) is 1. The molecule has 1 saturated carbocycles. The number of aromatic nitrogens is 4. The van der Waals surface area contributed by atoms with Crippen molar-refractivity contribution in [3.63, 3.8) is 0 Å². The molecule has 3 aliphatic rings. The first-order valence-electron chi connectivity index (χ1n) is 11.8. The molecular formula is C25H27FN6O2. The maximum atomic E-state index is 14.2. The summed E-state index contributed by atoms with van der Waals surface area (Å²) in [6.07, 6.45) is 6.98. The molecule has 4 atom stereocenters. The van der Waals surface area contributed by atoms with Crippen molar-refractivity contribution >= 4 is 5.95 Å². The molecular weight excluding hydrogens is 435 g/mol. The molecule has 2 aliphatic heterocycles. The Bertz CT molecular complexity index is 1270. The van der Waals surface area contributed by atoms with E-state index in [1.165, 1.54) is 10.6 Å². The van der Waals surface area contributed by atoms with Crippen LogP contribution in [0.15, 0.2) is 47.5 Å². The van der Waals surface area contributed by atoms with Gasteiger partial charge in [0.25, 0.3) is 5.56 Å². The Morgan fingerprint density at radius 2 is 1.91 bits per heavy atom. The van der Waals surface area contributed by atoms with Crippen LogP contribution in [0.25, 0.3) is 22.4 Å². The Hall–Kier alpha value is -3.33. The largest absolute Gasteiger partial charge is 0.507 e. The number of alkyl halides is 1. The van der Waals surface area contributed by atoms with E-state index < -0.39 is 6.17 Å². The number of fused-ring (bicyclic) bond motifs is 2. The highest BCUT2D eigenvalue weighted by Gasteiger charge is 2.46. The van der Waals surface area contributed by atoms with E-state index in [0.29, 0.717) is 29.7 Å². The van der Waals surface area contributed by atoms with E-state index in [1.54, 1.807) is 31.6 Å². The summed E-state index contributed by atoms with van der Waals surface area (Å²) in [4.78, 5) is 18.8. The van der Waals surface area contributed by atoms with Gasteiger partial charge in [-0.1, -0.05) is 6.07 Å². The van der Waals surface area contributed by atoms with Crippen molar-refractivity contribution in [2.24, 2.45) is 7.05 Å². The van der Waals surface area contributed by atoms with Gasteiger partial charge in [-0.05, 0) is 61.4 Å². The van der Waals surface area contributed by atoms with Gasteiger partial charge in [0, 0.05) is 49.0 Å². The van der Waals surface area contributed by atoms with E-state index in [4.69, 9.17) is 0 Å². The highest BCUT2D eigenvalue weighted by molar-refractivity contribution is 5.73. The molecule has 1 aromatic carbocycles. The van der Waals surface area contributed by atoms with Crippen LogP contribution < -0.4 is 15.8 Å². The van der Waals surface area contributed by atoms with Crippen molar-refractivity contribution in [3.05, 3.63) is 53.1 Å². The van der Waals surface area contributed by atoms with Crippen LogP contribution in [0.5, 0.6) is 5.75 Å². The highest BCUT2D eigenvalue weighted by Crippen LogP contribution is 2.39. The minimum absolute atomic E-state index is 0.0463. The summed E-state index contributed by atoms with van der Waals surface area (Å²) in [6, 6.07) is 9.32. The summed E-state index contributed by atoms with van der Waals surface area (Å²) in [7, 11) is 1.69. The number of phenolic OH excluding ortho intramolecular Hbond substituents is 1. The van der Waals surface area contributed by atoms with E-state index in [-0.39, 0.29) is 29.4 Å². The quantitative estimate of drug-likeness (QED) is 0.602. The summed E-state index contributed by atoms with van der Waals surface area (Å²) in [5.74, 6) is 0.620. The maximum Gasteiger partial charge on any atom is 0.250 e. The minimum atomic E-state index is -0.776. The van der Waals surface area contributed by atoms with Gasteiger partial charge in [0.1, 0.15) is 17.6 Å². The second-order valence-corrected chi connectivity index (χ2v) is 9.73. The van der Waals surface area contributed by atoms with Gasteiger partial charge >= 0.3 is 0 Å². The molecule has 0 unspecified atom stereocenters. The predicted molar refractivity (Wildman–Crippen MR) is 126 cm³/mol. The van der Waals surface area contributed by atoms with Gasteiger partial charge < -0.3 is 19.9 Å². The van der Waals surface area contributed by atoms with Gasteiger partial charge in [-0.25, -0.2) is 9.37 Å². The number of hydrogen-bond donors (Lipinski definition) is 2. The van der Waals surface area contributed by atoms with Crippen LogP contribution in [0.2, 0.25) is 0 Å². The molecule has 2 aromatic heterocycles. The minimum Gasteiger partial charge on any atom is -0.507 e. The second kappa shape index (κ2) is 8.16. The normalized spacial score (nSPS) is 25.9. The lowest BCUT2D eigenvalue weighted by atomic mass is 9.98. The number of benzene rings is 1. The van der Waals surface area contributed by atoms with E-state index in [0.717, 1.165) is 36.8 Å². The lowest BCUT2D eigenvalue weighted by Gasteiger charge is -2.37. The van der Waals surface area contributed by atoms with Crippen LogP contribution in [-0.2, 0) is 7.05 Å². The topological polar surface area (TPSA) is 96.2 Å². The molecule has 3 fully saturated rings. The summed E-state index contributed by atoms with van der Waals surface area (Å²) >= 11 is 0. The zero-order valence-corrected chi connectivity index (χ0v) is 18.9. The third-order valence-corrected chi connectivity index (χ3v) is 7.30. The molecule has 9 heteroatoms. The number of nitrogens with zero attached hydrogens (tertiary/aromatic N) is 5. The number of piperidine rings is 1. The number of hydrogen-bond acceptors (Lipinski definition) is 7. The van der Waals surface area contributed by atoms with Crippen LogP contribution in [0.4, 0.5) is 10.3 Å². The molecule has 2 N–H and O–H groups in total. The molecule has 8 nitrogen and oxygen atoms in total. The maximum absolute atomic E-state index is 14.2. The number of aromatic hydroxyl groups is 1. The van der Waals surface area contributed by atoms with E-state index in [9.17, 15) is 14.3 Å². The summed E-state index contributed by atoms with van der Waals surface area (Å²) < 4.78 is 15.7. The number of aryl methyl sites for hydroxylation is 1. The number of halogens is 1. The monoisotopic (exact) mass is 462 g/mol. The third kappa shape index (κ3) is 3.83. The Labute approximate surface area is 196 Å². The fraction of sp³-hybridized carbons (Fsp3) is 0.440. The standard InChI is InChI=1S/C25H27FN6O2/c1-31-7-6-15(9-24(31)34)14-2-5-19(23(33)8-14)22-13-27-25(30-29-22)32(17-3-4-17)18-10-16-11-20(26)21(12-18)28-16/h2,5-9,13,16-18,20-21,28,33H,3-4,10-12H2,1H3/t16-,18-,20-,21-/m1/s1. The first-order chi connectivity index (χ1) is 16.5. The molecule has 176 valence electrons. The predicted octanol–water partition coefficient (Wildman–Crippen LogP) is 2.81. The van der Waals surface area contributed by atoms with Gasteiger partial charge in [-0.3, -0.25) is 4.79 Å². The van der Waals surface area contributed by atoms with Gasteiger partial charge in [0.15, 0.2) is 0 Å². The molecule has 4 heterocycles. The van der Waals surface area contributed by atoms with Gasteiger partial charge in [-0.2, -0.15) is 0 Å². The highest BCUT2D eigenvalue weighted by atomic mass is 19.1. The Morgan fingerprint density at radius 1 is 1.09 bits per heavy atom. The third-order valence-electron chi connectivity index (χ3n) is 7.30. The van der Waals surface area contributed by atoms with Crippen LogP contribution in [0.3, 0.4) is 0 Å². The molecule has 6 rings (SSSR count). The number of pyridine rings is 1. The first kappa shape index (κ1) is 21.2. The van der Waals surface area contributed by atoms with Crippen molar-refractivity contribution in [2.75, 3.05) is 4.90 Å². The molecule has 0 spiro atoms. The fourth-order valence-corrected chi connectivity index (χ4v) is 5.38. The Morgan fingerprint density at radius 3 is 2.59 bits per heavy atom. The van der Waals surface area contributed by atoms with Crippen LogP contribution in [0.1, 0.15) is 32.1 Å². The molecule has 2 bridgehead atoms. The van der Waals surface area contributed by atoms with Crippen molar-refractivity contribution in [2.45, 2.75) is 62.4 Å². The van der Waals surface area contributed by atoms with Gasteiger partial charge in [0.05, 0.1) is 6.20 Å².